The maximum absolute atomic E-state index is 11.3. The largest absolute Gasteiger partial charge is 0.479 e. The summed E-state index contributed by atoms with van der Waals surface area (Å²) in [6, 6.07) is 0.233. The molecule has 1 rings (SSSR count). The molecule has 0 aromatic rings. The van der Waals surface area contributed by atoms with E-state index in [0.29, 0.717) is 25.5 Å². The van der Waals surface area contributed by atoms with Gasteiger partial charge in [-0.25, -0.2) is 9.79 Å². The normalized spacial score (nSPS) is 20.0. The molecular weight excluding hydrogens is 208 g/mol. The van der Waals surface area contributed by atoms with E-state index < -0.39 is 11.7 Å². The molecule has 0 radical (unpaired) electrons. The first kappa shape index (κ1) is 12.8. The minimum Gasteiger partial charge on any atom is -0.479 e. The Morgan fingerprint density at radius 2 is 2.31 bits per heavy atom. The van der Waals surface area contributed by atoms with Crippen LogP contribution in [0.3, 0.4) is 0 Å². The van der Waals surface area contributed by atoms with Crippen LogP contribution in [0.1, 0.15) is 34.1 Å². The Bertz CT molecular complexity index is 281. The molecule has 16 heavy (non-hydrogen) atoms. The molecule has 0 saturated heterocycles. The summed E-state index contributed by atoms with van der Waals surface area (Å²) in [7, 11) is 0. The Kier molecular flexibility index (Phi) is 4.15. The van der Waals surface area contributed by atoms with E-state index in [0.717, 1.165) is 0 Å². The maximum atomic E-state index is 11.3. The van der Waals surface area contributed by atoms with Gasteiger partial charge in [0.2, 0.25) is 0 Å². The monoisotopic (exact) mass is 228 g/mol. The molecule has 1 atom stereocenters. The van der Waals surface area contributed by atoms with Gasteiger partial charge in [-0.05, 0) is 27.7 Å². The van der Waals surface area contributed by atoms with Crippen LogP contribution in [0.4, 0.5) is 4.79 Å². The van der Waals surface area contributed by atoms with E-state index in [1.807, 2.05) is 27.7 Å². The second-order valence-electron chi connectivity index (χ2n) is 4.86. The van der Waals surface area contributed by atoms with Crippen LogP contribution in [0, 0.1) is 0 Å². The fraction of sp³-hybridized carbons (Fsp3) is 0.818. The fourth-order valence-electron chi connectivity index (χ4n) is 1.26. The molecule has 0 spiro atoms. The first-order valence-corrected chi connectivity index (χ1v) is 5.53. The van der Waals surface area contributed by atoms with Gasteiger partial charge >= 0.3 is 6.09 Å². The Hall–Kier alpha value is -1.26. The lowest BCUT2D eigenvalue weighted by Gasteiger charge is -2.19. The molecule has 0 saturated carbocycles. The summed E-state index contributed by atoms with van der Waals surface area (Å²) in [5, 5.41) is 2.66. The van der Waals surface area contributed by atoms with E-state index in [9.17, 15) is 4.79 Å². The number of carbonyl (C=O) groups excluding carboxylic acids is 1. The smallest absolute Gasteiger partial charge is 0.407 e. The lowest BCUT2D eigenvalue weighted by Crippen LogP contribution is -2.33. The Balaban J connectivity index is 2.16. The van der Waals surface area contributed by atoms with Crippen molar-refractivity contribution in [3.05, 3.63) is 0 Å². The molecule has 5 nitrogen and oxygen atoms in total. The first-order chi connectivity index (χ1) is 7.37. The summed E-state index contributed by atoms with van der Waals surface area (Å²) in [5.41, 5.74) is -0.458. The second-order valence-corrected chi connectivity index (χ2v) is 4.86. The maximum Gasteiger partial charge on any atom is 0.407 e. The zero-order chi connectivity index (χ0) is 12.2. The number of nitrogens with one attached hydrogen (secondary N) is 1. The van der Waals surface area contributed by atoms with E-state index in [1.165, 1.54) is 0 Å². The third kappa shape index (κ3) is 5.00. The van der Waals surface area contributed by atoms with Crippen molar-refractivity contribution >= 4 is 12.0 Å². The number of aliphatic imine (C=N–C) groups is 1. The third-order valence-corrected chi connectivity index (χ3v) is 1.86. The number of carbonyl (C=O) groups is 1. The minimum atomic E-state index is -0.458. The van der Waals surface area contributed by atoms with Crippen LogP contribution in [-0.4, -0.2) is 36.8 Å². The van der Waals surface area contributed by atoms with Gasteiger partial charge in [-0.15, -0.1) is 0 Å². The number of nitrogens with zero attached hydrogens (tertiary/aromatic N) is 1. The SMILES string of the molecule is CC1COC(CCNC(=O)OC(C)(C)C)=N1. The first-order valence-electron chi connectivity index (χ1n) is 5.53. The van der Waals surface area contributed by atoms with Gasteiger partial charge in [0.1, 0.15) is 12.2 Å². The second kappa shape index (κ2) is 5.18. The number of amides is 1. The van der Waals surface area contributed by atoms with Gasteiger partial charge in [-0.2, -0.15) is 0 Å². The average molecular weight is 228 g/mol. The lowest BCUT2D eigenvalue weighted by molar-refractivity contribution is 0.0529. The summed E-state index contributed by atoms with van der Waals surface area (Å²) in [6.45, 7) is 8.62. The predicted molar refractivity (Wildman–Crippen MR) is 61.7 cm³/mol. The van der Waals surface area contributed by atoms with Crippen molar-refractivity contribution in [3.8, 4) is 0 Å². The summed E-state index contributed by atoms with van der Waals surface area (Å²) in [4.78, 5) is 15.5. The van der Waals surface area contributed by atoms with Gasteiger partial charge in [-0.1, -0.05) is 0 Å². The summed E-state index contributed by atoms with van der Waals surface area (Å²) < 4.78 is 10.4. The summed E-state index contributed by atoms with van der Waals surface area (Å²) >= 11 is 0. The predicted octanol–water partition coefficient (Wildman–Crippen LogP) is 1.72. The van der Waals surface area contributed by atoms with E-state index in [2.05, 4.69) is 10.3 Å². The van der Waals surface area contributed by atoms with E-state index in [-0.39, 0.29) is 6.04 Å². The van der Waals surface area contributed by atoms with Crippen LogP contribution in [0.15, 0.2) is 4.99 Å². The highest BCUT2D eigenvalue weighted by Gasteiger charge is 2.17. The zero-order valence-corrected chi connectivity index (χ0v) is 10.4. The van der Waals surface area contributed by atoms with E-state index in [4.69, 9.17) is 9.47 Å². The van der Waals surface area contributed by atoms with Crippen molar-refractivity contribution in [2.24, 2.45) is 4.99 Å². The molecule has 92 valence electrons. The molecule has 1 aliphatic heterocycles. The molecule has 1 N–H and O–H groups in total. The quantitative estimate of drug-likeness (QED) is 0.800. The highest BCUT2D eigenvalue weighted by atomic mass is 16.6. The van der Waals surface area contributed by atoms with Gasteiger partial charge in [0.25, 0.3) is 0 Å². The van der Waals surface area contributed by atoms with Crippen LogP contribution >= 0.6 is 0 Å². The van der Waals surface area contributed by atoms with Gasteiger partial charge in [-0.3, -0.25) is 0 Å². The van der Waals surface area contributed by atoms with Crippen LogP contribution < -0.4 is 5.32 Å². The zero-order valence-electron chi connectivity index (χ0n) is 10.4. The number of hydrogen-bond donors (Lipinski definition) is 1. The summed E-state index contributed by atoms with van der Waals surface area (Å²) in [6.07, 6.45) is 0.211. The van der Waals surface area contributed by atoms with Crippen LogP contribution in [-0.2, 0) is 9.47 Å². The van der Waals surface area contributed by atoms with Crippen molar-refractivity contribution in [2.75, 3.05) is 13.2 Å². The molecule has 0 aromatic heterocycles. The van der Waals surface area contributed by atoms with Crippen LogP contribution in [0.2, 0.25) is 0 Å². The third-order valence-electron chi connectivity index (χ3n) is 1.86. The van der Waals surface area contributed by atoms with E-state index >= 15 is 0 Å². The molecule has 0 bridgehead atoms. The molecule has 1 unspecified atom stereocenters. The molecule has 1 aliphatic rings. The highest BCUT2D eigenvalue weighted by Crippen LogP contribution is 2.07. The lowest BCUT2D eigenvalue weighted by atomic mass is 10.2. The van der Waals surface area contributed by atoms with Crippen LogP contribution in [0.5, 0.6) is 0 Å². The molecular formula is C11H20N2O3. The molecule has 0 aromatic carbocycles. The van der Waals surface area contributed by atoms with Crippen molar-refractivity contribution in [3.63, 3.8) is 0 Å². The Morgan fingerprint density at radius 3 is 2.81 bits per heavy atom. The van der Waals surface area contributed by atoms with Crippen molar-refractivity contribution in [1.29, 1.82) is 0 Å². The highest BCUT2D eigenvalue weighted by molar-refractivity contribution is 5.78. The molecule has 1 heterocycles. The number of rotatable bonds is 3. The van der Waals surface area contributed by atoms with E-state index in [1.54, 1.807) is 0 Å². The number of ether oxygens (including phenoxy) is 2. The van der Waals surface area contributed by atoms with Crippen molar-refractivity contribution in [2.45, 2.75) is 45.8 Å². The van der Waals surface area contributed by atoms with Crippen LogP contribution in [0.25, 0.3) is 0 Å². The number of alkyl carbamates (subject to hydrolysis) is 1. The molecule has 5 heteroatoms. The summed E-state index contributed by atoms with van der Waals surface area (Å²) in [5.74, 6) is 0.712. The molecule has 0 aliphatic carbocycles. The van der Waals surface area contributed by atoms with Gasteiger partial charge < -0.3 is 14.8 Å². The van der Waals surface area contributed by atoms with Crippen molar-refractivity contribution < 1.29 is 14.3 Å². The standard InChI is InChI=1S/C11H20N2O3/c1-8-7-15-9(13-8)5-6-12-10(14)16-11(2,3)4/h8H,5-7H2,1-4H3,(H,12,14). The molecule has 1 amide bonds. The van der Waals surface area contributed by atoms with Crippen molar-refractivity contribution in [1.82, 2.24) is 5.32 Å². The minimum absolute atomic E-state index is 0.233. The Morgan fingerprint density at radius 1 is 1.62 bits per heavy atom. The topological polar surface area (TPSA) is 59.9 Å². The average Bonchev–Trinajstić information content (AvgIpc) is 2.48. The Labute approximate surface area is 96.2 Å². The van der Waals surface area contributed by atoms with Gasteiger partial charge in [0, 0.05) is 13.0 Å². The molecule has 0 fully saturated rings. The number of hydrogen-bond acceptors (Lipinski definition) is 4. The van der Waals surface area contributed by atoms with Gasteiger partial charge in [0.05, 0.1) is 6.04 Å². The fourth-order valence-corrected chi connectivity index (χ4v) is 1.26. The van der Waals surface area contributed by atoms with Gasteiger partial charge in [0.15, 0.2) is 5.90 Å².